The molecule has 0 radical (unpaired) electrons. The van der Waals surface area contributed by atoms with E-state index < -0.39 is 0 Å². The Hall–Kier alpha value is -0.840. The van der Waals surface area contributed by atoms with Crippen molar-refractivity contribution >= 4 is 0 Å². The Balaban J connectivity index is 1.92. The second kappa shape index (κ2) is 7.43. The van der Waals surface area contributed by atoms with Crippen LogP contribution in [-0.4, -0.2) is 49.1 Å². The molecule has 0 saturated carbocycles. The first-order valence-corrected chi connectivity index (χ1v) is 8.16. The van der Waals surface area contributed by atoms with Crippen LogP contribution < -0.4 is 5.32 Å². The van der Waals surface area contributed by atoms with Gasteiger partial charge in [-0.2, -0.15) is 0 Å². The van der Waals surface area contributed by atoms with Crippen molar-refractivity contribution in [1.82, 2.24) is 15.1 Å². The van der Waals surface area contributed by atoms with Crippen LogP contribution in [0.25, 0.3) is 0 Å². The summed E-state index contributed by atoms with van der Waals surface area (Å²) in [6, 6.07) is 3.41. The molecule has 0 aromatic carbocycles. The van der Waals surface area contributed by atoms with Gasteiger partial charge in [0.25, 0.3) is 0 Å². The summed E-state index contributed by atoms with van der Waals surface area (Å²) in [5, 5.41) is 3.46. The summed E-state index contributed by atoms with van der Waals surface area (Å²) in [4.78, 5) is 4.86. The van der Waals surface area contributed by atoms with E-state index in [2.05, 4.69) is 56.0 Å². The van der Waals surface area contributed by atoms with Gasteiger partial charge < -0.3 is 14.6 Å². The first kappa shape index (κ1) is 16.5. The Morgan fingerprint density at radius 2 is 2.19 bits per heavy atom. The van der Waals surface area contributed by atoms with Crippen molar-refractivity contribution in [3.8, 4) is 0 Å². The van der Waals surface area contributed by atoms with Gasteiger partial charge >= 0.3 is 0 Å². The molecule has 0 spiro atoms. The Bertz CT molecular complexity index is 439. The number of aryl methyl sites for hydroxylation is 1. The lowest BCUT2D eigenvalue weighted by atomic mass is 10.0. The van der Waals surface area contributed by atoms with Crippen molar-refractivity contribution in [2.75, 3.05) is 27.2 Å². The first-order chi connectivity index (χ1) is 9.95. The van der Waals surface area contributed by atoms with Crippen molar-refractivity contribution in [3.63, 3.8) is 0 Å². The Labute approximate surface area is 129 Å². The van der Waals surface area contributed by atoms with Crippen molar-refractivity contribution < 1.29 is 4.42 Å². The standard InChI is InChI=1S/C17H31N3O/c1-13(2)18-10-15-9-17(21-14(15)3)12-20-8-6-7-16(11-20)19(4)5/h9,13,16,18H,6-8,10-12H2,1-5H3. The van der Waals surface area contributed by atoms with Crippen LogP contribution in [0, 0.1) is 6.92 Å². The van der Waals surface area contributed by atoms with E-state index in [9.17, 15) is 0 Å². The van der Waals surface area contributed by atoms with Crippen LogP contribution in [0.5, 0.6) is 0 Å². The number of furan rings is 1. The average Bonchev–Trinajstić information content (AvgIpc) is 2.76. The van der Waals surface area contributed by atoms with E-state index in [1.807, 2.05) is 0 Å². The molecule has 2 rings (SSSR count). The molecule has 21 heavy (non-hydrogen) atoms. The highest BCUT2D eigenvalue weighted by Crippen LogP contribution is 2.20. The van der Waals surface area contributed by atoms with Crippen LogP contribution in [0.4, 0.5) is 0 Å². The van der Waals surface area contributed by atoms with E-state index in [1.165, 1.54) is 24.9 Å². The number of nitrogens with one attached hydrogen (secondary N) is 1. The maximum Gasteiger partial charge on any atom is 0.118 e. The first-order valence-electron chi connectivity index (χ1n) is 8.16. The lowest BCUT2D eigenvalue weighted by Gasteiger charge is -2.35. The van der Waals surface area contributed by atoms with Crippen LogP contribution in [0.3, 0.4) is 0 Å². The Kier molecular flexibility index (Phi) is 5.85. The summed E-state index contributed by atoms with van der Waals surface area (Å²) in [5.41, 5.74) is 1.29. The molecule has 120 valence electrons. The third-order valence-electron chi connectivity index (χ3n) is 4.36. The average molecular weight is 293 g/mol. The summed E-state index contributed by atoms with van der Waals surface area (Å²) in [5.74, 6) is 2.16. The highest BCUT2D eigenvalue weighted by atomic mass is 16.3. The molecule has 1 fully saturated rings. The van der Waals surface area contributed by atoms with Gasteiger partial charge in [0.05, 0.1) is 6.54 Å². The number of nitrogens with zero attached hydrogens (tertiary/aromatic N) is 2. The molecular weight excluding hydrogens is 262 g/mol. The largest absolute Gasteiger partial charge is 0.465 e. The number of piperidine rings is 1. The van der Waals surface area contributed by atoms with Gasteiger partial charge in [-0.05, 0) is 46.5 Å². The fraction of sp³-hybridized carbons (Fsp3) is 0.765. The summed E-state index contributed by atoms with van der Waals surface area (Å²) in [6.45, 7) is 10.6. The normalized spacial score (nSPS) is 20.6. The van der Waals surface area contributed by atoms with Gasteiger partial charge in [-0.3, -0.25) is 4.90 Å². The molecule has 1 unspecified atom stereocenters. The van der Waals surface area contributed by atoms with Gasteiger partial charge in [-0.1, -0.05) is 13.8 Å². The fourth-order valence-corrected chi connectivity index (χ4v) is 2.97. The maximum absolute atomic E-state index is 5.95. The van der Waals surface area contributed by atoms with Crippen LogP contribution in [0.1, 0.15) is 43.8 Å². The predicted molar refractivity (Wildman–Crippen MR) is 87.4 cm³/mol. The molecule has 1 atom stereocenters. The van der Waals surface area contributed by atoms with Crippen molar-refractivity contribution in [2.24, 2.45) is 0 Å². The molecule has 2 heterocycles. The molecular formula is C17H31N3O. The SMILES string of the molecule is Cc1oc(CN2CCCC(N(C)C)C2)cc1CNC(C)C. The molecule has 4 heteroatoms. The highest BCUT2D eigenvalue weighted by molar-refractivity contribution is 5.20. The van der Waals surface area contributed by atoms with E-state index in [0.29, 0.717) is 12.1 Å². The molecule has 1 N–H and O–H groups in total. The van der Waals surface area contributed by atoms with Crippen molar-refractivity contribution in [3.05, 3.63) is 23.2 Å². The Morgan fingerprint density at radius 3 is 2.86 bits per heavy atom. The van der Waals surface area contributed by atoms with E-state index in [0.717, 1.165) is 31.2 Å². The van der Waals surface area contributed by atoms with Crippen LogP contribution >= 0.6 is 0 Å². The number of rotatable bonds is 6. The van der Waals surface area contributed by atoms with Crippen molar-refractivity contribution in [1.29, 1.82) is 0 Å². The zero-order chi connectivity index (χ0) is 15.4. The van der Waals surface area contributed by atoms with Gasteiger partial charge in [-0.15, -0.1) is 0 Å². The molecule has 0 amide bonds. The predicted octanol–water partition coefficient (Wildman–Crippen LogP) is 2.61. The smallest absolute Gasteiger partial charge is 0.118 e. The fourth-order valence-electron chi connectivity index (χ4n) is 2.97. The number of hydrogen-bond donors (Lipinski definition) is 1. The van der Waals surface area contributed by atoms with E-state index in [-0.39, 0.29) is 0 Å². The summed E-state index contributed by atoms with van der Waals surface area (Å²) >= 11 is 0. The summed E-state index contributed by atoms with van der Waals surface area (Å²) in [6.07, 6.45) is 2.59. The van der Waals surface area contributed by atoms with Crippen molar-refractivity contribution in [2.45, 2.75) is 58.8 Å². The lowest BCUT2D eigenvalue weighted by Crippen LogP contribution is -2.44. The van der Waals surface area contributed by atoms with Crippen LogP contribution in [0.15, 0.2) is 10.5 Å². The quantitative estimate of drug-likeness (QED) is 0.874. The highest BCUT2D eigenvalue weighted by Gasteiger charge is 2.22. The van der Waals surface area contributed by atoms with Gasteiger partial charge in [0, 0.05) is 30.7 Å². The molecule has 1 saturated heterocycles. The lowest BCUT2D eigenvalue weighted by molar-refractivity contribution is 0.121. The topological polar surface area (TPSA) is 31.7 Å². The van der Waals surface area contributed by atoms with Crippen LogP contribution in [0.2, 0.25) is 0 Å². The molecule has 1 aromatic rings. The minimum absolute atomic E-state index is 0.505. The van der Waals surface area contributed by atoms with Gasteiger partial charge in [0.1, 0.15) is 11.5 Å². The molecule has 4 nitrogen and oxygen atoms in total. The van der Waals surface area contributed by atoms with Gasteiger partial charge in [0.2, 0.25) is 0 Å². The van der Waals surface area contributed by atoms with E-state index in [1.54, 1.807) is 0 Å². The Morgan fingerprint density at radius 1 is 1.43 bits per heavy atom. The second-order valence-corrected chi connectivity index (χ2v) is 6.82. The summed E-state index contributed by atoms with van der Waals surface area (Å²) in [7, 11) is 4.36. The molecule has 1 aromatic heterocycles. The third kappa shape index (κ3) is 4.83. The second-order valence-electron chi connectivity index (χ2n) is 6.82. The monoisotopic (exact) mass is 293 g/mol. The number of hydrogen-bond acceptors (Lipinski definition) is 4. The summed E-state index contributed by atoms with van der Waals surface area (Å²) < 4.78 is 5.95. The number of likely N-dealkylation sites (N-methyl/N-ethyl adjacent to an activating group) is 1. The van der Waals surface area contributed by atoms with E-state index >= 15 is 0 Å². The third-order valence-corrected chi connectivity index (χ3v) is 4.36. The van der Waals surface area contributed by atoms with Gasteiger partial charge in [0.15, 0.2) is 0 Å². The molecule has 0 bridgehead atoms. The number of likely N-dealkylation sites (tertiary alicyclic amines) is 1. The zero-order valence-corrected chi connectivity index (χ0v) is 14.3. The maximum atomic E-state index is 5.95. The molecule has 0 aliphatic carbocycles. The minimum Gasteiger partial charge on any atom is -0.465 e. The van der Waals surface area contributed by atoms with Crippen LogP contribution in [-0.2, 0) is 13.1 Å². The van der Waals surface area contributed by atoms with E-state index in [4.69, 9.17) is 4.42 Å². The molecule has 1 aliphatic heterocycles. The molecule has 1 aliphatic rings. The zero-order valence-electron chi connectivity index (χ0n) is 14.3. The minimum atomic E-state index is 0.505. The van der Waals surface area contributed by atoms with Gasteiger partial charge in [-0.25, -0.2) is 0 Å².